The van der Waals surface area contributed by atoms with Gasteiger partial charge in [-0.1, -0.05) is 0 Å². The normalized spacial score (nSPS) is 22.6. The van der Waals surface area contributed by atoms with Crippen molar-refractivity contribution >= 4 is 17.5 Å². The van der Waals surface area contributed by atoms with E-state index in [4.69, 9.17) is 4.74 Å². The summed E-state index contributed by atoms with van der Waals surface area (Å²) in [6.45, 7) is 6.33. The number of benzene rings is 1. The topological polar surface area (TPSA) is 82.7 Å². The number of hydrogen-bond acceptors (Lipinski definition) is 5. The van der Waals surface area contributed by atoms with Crippen LogP contribution >= 0.6 is 0 Å². The molecule has 154 valence electrons. The molecular formula is C21H32N4O3. The Bertz CT molecular complexity index is 644. The Morgan fingerprint density at radius 1 is 1.21 bits per heavy atom. The first kappa shape index (κ1) is 20.6. The van der Waals surface area contributed by atoms with E-state index < -0.39 is 0 Å². The Hall–Kier alpha value is -2.12. The predicted octanol–water partition coefficient (Wildman–Crippen LogP) is 1.60. The summed E-state index contributed by atoms with van der Waals surface area (Å²) in [5, 5.41) is 9.26. The number of carbonyl (C=O) groups is 2. The van der Waals surface area contributed by atoms with E-state index in [0.29, 0.717) is 25.6 Å². The lowest BCUT2D eigenvalue weighted by Gasteiger charge is -2.32. The van der Waals surface area contributed by atoms with Crippen LogP contribution in [-0.4, -0.2) is 62.1 Å². The van der Waals surface area contributed by atoms with E-state index in [1.807, 2.05) is 31.2 Å². The fourth-order valence-corrected chi connectivity index (χ4v) is 3.94. The lowest BCUT2D eigenvalue weighted by atomic mass is 9.98. The highest BCUT2D eigenvalue weighted by atomic mass is 16.5. The van der Waals surface area contributed by atoms with Crippen LogP contribution in [0, 0.1) is 5.92 Å². The van der Waals surface area contributed by atoms with Crippen molar-refractivity contribution in [3.63, 3.8) is 0 Å². The van der Waals surface area contributed by atoms with E-state index >= 15 is 0 Å². The third-order valence-corrected chi connectivity index (χ3v) is 5.36. The van der Waals surface area contributed by atoms with Gasteiger partial charge >= 0.3 is 0 Å². The molecule has 2 heterocycles. The number of nitrogens with zero attached hydrogens (tertiary/aromatic N) is 1. The highest BCUT2D eigenvalue weighted by molar-refractivity contribution is 5.92. The van der Waals surface area contributed by atoms with Crippen molar-refractivity contribution in [2.75, 3.05) is 44.6 Å². The average molecular weight is 389 g/mol. The molecule has 0 aliphatic carbocycles. The zero-order chi connectivity index (χ0) is 19.8. The highest BCUT2D eigenvalue weighted by Crippen LogP contribution is 2.18. The number of ether oxygens (including phenoxy) is 1. The maximum Gasteiger partial charge on any atom is 0.238 e. The van der Waals surface area contributed by atoms with Crippen molar-refractivity contribution in [1.29, 1.82) is 0 Å². The second-order valence-electron chi connectivity index (χ2n) is 7.64. The van der Waals surface area contributed by atoms with E-state index in [1.54, 1.807) is 0 Å². The van der Waals surface area contributed by atoms with Gasteiger partial charge in [0.2, 0.25) is 11.8 Å². The van der Waals surface area contributed by atoms with E-state index in [1.165, 1.54) is 0 Å². The standard InChI is InChI=1S/C21H32N4O3/c1-2-28-18-9-7-17(8-10-18)24-20(26)15-25-12-4-5-16(14-25)13-23-21(27)19-6-3-11-22-19/h7-10,16,19,22H,2-6,11-15H2,1H3,(H,23,27)(H,24,26). The molecule has 0 saturated carbocycles. The minimum atomic E-state index is -0.0282. The first-order valence-electron chi connectivity index (χ1n) is 10.4. The molecule has 0 spiro atoms. The SMILES string of the molecule is CCOc1ccc(NC(=O)CN2CCCC(CNC(=O)C3CCCN3)C2)cc1. The minimum absolute atomic E-state index is 0.0102. The summed E-state index contributed by atoms with van der Waals surface area (Å²) in [6.07, 6.45) is 4.14. The molecule has 2 aliphatic heterocycles. The molecule has 2 aliphatic rings. The zero-order valence-electron chi connectivity index (χ0n) is 16.7. The Morgan fingerprint density at radius 3 is 2.75 bits per heavy atom. The van der Waals surface area contributed by atoms with Crippen molar-refractivity contribution in [2.24, 2.45) is 5.92 Å². The Labute approximate surface area is 167 Å². The van der Waals surface area contributed by atoms with Crippen LogP contribution in [0.3, 0.4) is 0 Å². The van der Waals surface area contributed by atoms with Gasteiger partial charge in [0.05, 0.1) is 19.2 Å². The number of carbonyl (C=O) groups excluding carboxylic acids is 2. The number of amides is 2. The molecule has 1 aromatic carbocycles. The molecule has 28 heavy (non-hydrogen) atoms. The van der Waals surface area contributed by atoms with Gasteiger partial charge in [-0.05, 0) is 75.9 Å². The second kappa shape index (κ2) is 10.4. The van der Waals surface area contributed by atoms with Crippen LogP contribution in [-0.2, 0) is 9.59 Å². The molecule has 7 heteroatoms. The summed E-state index contributed by atoms with van der Waals surface area (Å²) in [7, 11) is 0. The molecule has 0 aromatic heterocycles. The maximum absolute atomic E-state index is 12.4. The van der Waals surface area contributed by atoms with Gasteiger partial charge in [0.15, 0.2) is 0 Å². The van der Waals surface area contributed by atoms with Crippen molar-refractivity contribution in [2.45, 2.75) is 38.6 Å². The summed E-state index contributed by atoms with van der Waals surface area (Å²) in [6, 6.07) is 7.40. The van der Waals surface area contributed by atoms with Gasteiger partial charge in [-0.15, -0.1) is 0 Å². The summed E-state index contributed by atoms with van der Waals surface area (Å²) in [5.74, 6) is 1.30. The molecule has 3 N–H and O–H groups in total. The van der Waals surface area contributed by atoms with Crippen molar-refractivity contribution in [1.82, 2.24) is 15.5 Å². The molecule has 7 nitrogen and oxygen atoms in total. The lowest BCUT2D eigenvalue weighted by molar-refractivity contribution is -0.123. The quantitative estimate of drug-likeness (QED) is 0.630. The van der Waals surface area contributed by atoms with Crippen LogP contribution in [0.25, 0.3) is 0 Å². The van der Waals surface area contributed by atoms with Gasteiger partial charge in [0.1, 0.15) is 5.75 Å². The molecule has 3 rings (SSSR count). The first-order chi connectivity index (χ1) is 13.6. The Balaban J connectivity index is 1.39. The van der Waals surface area contributed by atoms with Crippen LogP contribution in [0.5, 0.6) is 5.75 Å². The smallest absolute Gasteiger partial charge is 0.238 e. The van der Waals surface area contributed by atoms with Crippen molar-refractivity contribution in [3.05, 3.63) is 24.3 Å². The molecule has 2 atom stereocenters. The lowest BCUT2D eigenvalue weighted by Crippen LogP contribution is -2.46. The first-order valence-corrected chi connectivity index (χ1v) is 10.4. The molecule has 0 radical (unpaired) electrons. The second-order valence-corrected chi connectivity index (χ2v) is 7.64. The maximum atomic E-state index is 12.4. The largest absolute Gasteiger partial charge is 0.494 e. The van der Waals surface area contributed by atoms with E-state index in [0.717, 1.165) is 56.8 Å². The molecule has 2 unspecified atom stereocenters. The third kappa shape index (κ3) is 6.21. The Morgan fingerprint density at radius 2 is 2.04 bits per heavy atom. The van der Waals surface area contributed by atoms with Crippen LogP contribution in [0.2, 0.25) is 0 Å². The summed E-state index contributed by atoms with van der Waals surface area (Å²) >= 11 is 0. The molecule has 0 bridgehead atoms. The molecule has 2 amide bonds. The number of rotatable bonds is 8. The van der Waals surface area contributed by atoms with Gasteiger partial charge in [-0.3, -0.25) is 14.5 Å². The summed E-state index contributed by atoms with van der Waals surface area (Å²) < 4.78 is 5.42. The monoisotopic (exact) mass is 388 g/mol. The number of nitrogens with one attached hydrogen (secondary N) is 3. The van der Waals surface area contributed by atoms with E-state index in [-0.39, 0.29) is 17.9 Å². The van der Waals surface area contributed by atoms with E-state index in [9.17, 15) is 9.59 Å². The van der Waals surface area contributed by atoms with Gasteiger partial charge in [0.25, 0.3) is 0 Å². The van der Waals surface area contributed by atoms with Gasteiger partial charge < -0.3 is 20.7 Å². The molecular weight excluding hydrogens is 356 g/mol. The van der Waals surface area contributed by atoms with E-state index in [2.05, 4.69) is 20.9 Å². The third-order valence-electron chi connectivity index (χ3n) is 5.36. The number of likely N-dealkylation sites (tertiary alicyclic amines) is 1. The predicted molar refractivity (Wildman–Crippen MR) is 109 cm³/mol. The highest BCUT2D eigenvalue weighted by Gasteiger charge is 2.25. The Kier molecular flexibility index (Phi) is 7.68. The fourth-order valence-electron chi connectivity index (χ4n) is 3.94. The number of hydrogen-bond donors (Lipinski definition) is 3. The van der Waals surface area contributed by atoms with Crippen LogP contribution in [0.4, 0.5) is 5.69 Å². The van der Waals surface area contributed by atoms with Crippen LogP contribution in [0.15, 0.2) is 24.3 Å². The molecule has 1 aromatic rings. The fraction of sp³-hybridized carbons (Fsp3) is 0.619. The van der Waals surface area contributed by atoms with Crippen LogP contribution < -0.4 is 20.7 Å². The van der Waals surface area contributed by atoms with Crippen LogP contribution in [0.1, 0.15) is 32.6 Å². The minimum Gasteiger partial charge on any atom is -0.494 e. The summed E-state index contributed by atoms with van der Waals surface area (Å²) in [4.78, 5) is 26.7. The van der Waals surface area contributed by atoms with Gasteiger partial charge in [-0.25, -0.2) is 0 Å². The molecule has 2 fully saturated rings. The zero-order valence-corrected chi connectivity index (χ0v) is 16.7. The number of piperidine rings is 1. The van der Waals surface area contributed by atoms with Crippen molar-refractivity contribution < 1.29 is 14.3 Å². The average Bonchev–Trinajstić information content (AvgIpc) is 3.23. The van der Waals surface area contributed by atoms with Gasteiger partial charge in [0, 0.05) is 18.8 Å². The van der Waals surface area contributed by atoms with Crippen molar-refractivity contribution in [3.8, 4) is 5.75 Å². The summed E-state index contributed by atoms with van der Waals surface area (Å²) in [5.41, 5.74) is 0.776. The van der Waals surface area contributed by atoms with Gasteiger partial charge in [-0.2, -0.15) is 0 Å². The number of anilines is 1. The molecule has 2 saturated heterocycles.